The van der Waals surface area contributed by atoms with Crippen LogP contribution in [-0.2, 0) is 24.9 Å². The average molecular weight is 471 g/mol. The number of nitrogens with zero attached hydrogens (tertiary/aromatic N) is 3. The number of fused-ring (bicyclic) bond motifs is 1. The monoisotopic (exact) mass is 470 g/mol. The van der Waals surface area contributed by atoms with E-state index in [-0.39, 0.29) is 5.41 Å². The van der Waals surface area contributed by atoms with Gasteiger partial charge in [0.2, 0.25) is 5.88 Å². The first kappa shape index (κ1) is 22.6. The maximum Gasteiger partial charge on any atom is 0.243 e. The van der Waals surface area contributed by atoms with Crippen LogP contribution in [0.3, 0.4) is 0 Å². The Morgan fingerprint density at radius 1 is 1.00 bits per heavy atom. The number of anilines is 2. The van der Waals surface area contributed by atoms with Gasteiger partial charge in [-0.1, -0.05) is 69.3 Å². The SMILES string of the molecule is CC(C)(C)c1ccccc1Oc1ncccc1Nc1nc2c(s1)CN(Cc1ccccc1)CC2. The Kier molecular flexibility index (Phi) is 6.35. The van der Waals surface area contributed by atoms with Crippen molar-refractivity contribution in [3.05, 3.63) is 94.6 Å². The van der Waals surface area contributed by atoms with Gasteiger partial charge in [-0.25, -0.2) is 9.97 Å². The molecule has 0 radical (unpaired) electrons. The van der Waals surface area contributed by atoms with E-state index in [2.05, 4.69) is 72.4 Å². The van der Waals surface area contributed by atoms with Crippen LogP contribution in [0.15, 0.2) is 72.9 Å². The normalized spacial score (nSPS) is 14.0. The van der Waals surface area contributed by atoms with E-state index in [9.17, 15) is 0 Å². The molecular formula is C28H30N4OS. The third-order valence-corrected chi connectivity index (χ3v) is 6.97. The van der Waals surface area contributed by atoms with Gasteiger partial charge < -0.3 is 10.1 Å². The van der Waals surface area contributed by atoms with Gasteiger partial charge in [-0.05, 0) is 29.2 Å². The Bertz CT molecular complexity index is 1260. The highest BCUT2D eigenvalue weighted by Crippen LogP contribution is 2.37. The summed E-state index contributed by atoms with van der Waals surface area (Å²) in [4.78, 5) is 13.2. The van der Waals surface area contributed by atoms with Crippen LogP contribution in [0.5, 0.6) is 11.6 Å². The molecule has 6 heteroatoms. The first-order chi connectivity index (χ1) is 16.5. The Labute approximate surface area is 205 Å². The highest BCUT2D eigenvalue weighted by Gasteiger charge is 2.22. The number of pyridine rings is 1. The average Bonchev–Trinajstić information content (AvgIpc) is 3.22. The summed E-state index contributed by atoms with van der Waals surface area (Å²) in [6, 6.07) is 22.7. The van der Waals surface area contributed by atoms with Crippen LogP contribution in [0.4, 0.5) is 10.8 Å². The highest BCUT2D eigenvalue weighted by molar-refractivity contribution is 7.15. The van der Waals surface area contributed by atoms with Crippen molar-refractivity contribution in [1.29, 1.82) is 0 Å². The first-order valence-corrected chi connectivity index (χ1v) is 12.5. The Morgan fingerprint density at radius 3 is 2.62 bits per heavy atom. The summed E-state index contributed by atoms with van der Waals surface area (Å²) < 4.78 is 6.32. The van der Waals surface area contributed by atoms with Crippen LogP contribution in [0.2, 0.25) is 0 Å². The second-order valence-electron chi connectivity index (χ2n) is 9.66. The van der Waals surface area contributed by atoms with Crippen LogP contribution in [-0.4, -0.2) is 21.4 Å². The molecule has 34 heavy (non-hydrogen) atoms. The fourth-order valence-electron chi connectivity index (χ4n) is 4.24. The fourth-order valence-corrected chi connectivity index (χ4v) is 5.30. The van der Waals surface area contributed by atoms with E-state index < -0.39 is 0 Å². The molecule has 5 nitrogen and oxygen atoms in total. The zero-order chi connectivity index (χ0) is 23.5. The third-order valence-electron chi connectivity index (χ3n) is 5.97. The van der Waals surface area contributed by atoms with Gasteiger partial charge in [-0.15, -0.1) is 11.3 Å². The van der Waals surface area contributed by atoms with Crippen molar-refractivity contribution in [2.24, 2.45) is 0 Å². The molecule has 1 N–H and O–H groups in total. The summed E-state index contributed by atoms with van der Waals surface area (Å²) in [6.45, 7) is 9.49. The summed E-state index contributed by atoms with van der Waals surface area (Å²) in [5.41, 5.74) is 4.48. The van der Waals surface area contributed by atoms with E-state index in [1.54, 1.807) is 17.5 Å². The molecule has 2 aromatic heterocycles. The minimum absolute atomic E-state index is 0.0288. The van der Waals surface area contributed by atoms with Crippen molar-refractivity contribution < 1.29 is 4.74 Å². The van der Waals surface area contributed by atoms with Gasteiger partial charge in [-0.3, -0.25) is 4.90 Å². The number of ether oxygens (including phenoxy) is 1. The zero-order valence-electron chi connectivity index (χ0n) is 19.9. The molecule has 0 aliphatic carbocycles. The van der Waals surface area contributed by atoms with Gasteiger partial charge in [0.25, 0.3) is 0 Å². The number of aromatic nitrogens is 2. The van der Waals surface area contributed by atoms with Gasteiger partial charge in [0.15, 0.2) is 5.13 Å². The molecule has 0 amide bonds. The van der Waals surface area contributed by atoms with Crippen molar-refractivity contribution in [3.8, 4) is 11.6 Å². The largest absolute Gasteiger partial charge is 0.437 e. The molecule has 0 atom stereocenters. The lowest BCUT2D eigenvalue weighted by Gasteiger charge is -2.25. The van der Waals surface area contributed by atoms with Crippen LogP contribution in [0, 0.1) is 0 Å². The summed E-state index contributed by atoms with van der Waals surface area (Å²) >= 11 is 1.72. The Hall–Kier alpha value is -3.22. The molecule has 0 fully saturated rings. The van der Waals surface area contributed by atoms with Crippen molar-refractivity contribution in [3.63, 3.8) is 0 Å². The third kappa shape index (κ3) is 5.13. The molecule has 0 unspecified atom stereocenters. The van der Waals surface area contributed by atoms with Gasteiger partial charge in [0.05, 0.1) is 5.69 Å². The number of hydrogen-bond donors (Lipinski definition) is 1. The number of para-hydroxylation sites is 1. The van der Waals surface area contributed by atoms with E-state index in [1.807, 2.05) is 30.3 Å². The second-order valence-corrected chi connectivity index (χ2v) is 10.7. The topological polar surface area (TPSA) is 50.3 Å². The zero-order valence-corrected chi connectivity index (χ0v) is 20.7. The predicted molar refractivity (Wildman–Crippen MR) is 139 cm³/mol. The minimum Gasteiger partial charge on any atom is -0.437 e. The van der Waals surface area contributed by atoms with Crippen LogP contribution < -0.4 is 10.1 Å². The van der Waals surface area contributed by atoms with Crippen molar-refractivity contribution >= 4 is 22.2 Å². The molecule has 0 saturated carbocycles. The molecule has 1 aliphatic heterocycles. The highest BCUT2D eigenvalue weighted by atomic mass is 32.1. The van der Waals surface area contributed by atoms with Crippen LogP contribution in [0.1, 0.15) is 42.5 Å². The molecule has 0 spiro atoms. The lowest BCUT2D eigenvalue weighted by Crippen LogP contribution is -2.29. The first-order valence-electron chi connectivity index (χ1n) is 11.7. The molecule has 174 valence electrons. The summed E-state index contributed by atoms with van der Waals surface area (Å²) in [5.74, 6) is 1.38. The smallest absolute Gasteiger partial charge is 0.243 e. The van der Waals surface area contributed by atoms with Crippen LogP contribution in [0.25, 0.3) is 0 Å². The molecule has 3 heterocycles. The van der Waals surface area contributed by atoms with E-state index in [0.717, 1.165) is 48.2 Å². The Balaban J connectivity index is 1.33. The standard InChI is InChI=1S/C28H30N4OS/c1-28(2,3)21-12-7-8-14-24(21)33-26-23(13-9-16-29-26)31-27-30-22-15-17-32(19-25(22)34-27)18-20-10-5-4-6-11-20/h4-14,16H,15,17-19H2,1-3H3,(H,30,31). The number of nitrogens with one attached hydrogen (secondary N) is 1. The summed E-state index contributed by atoms with van der Waals surface area (Å²) in [5, 5.41) is 4.36. The van der Waals surface area contributed by atoms with E-state index in [4.69, 9.17) is 9.72 Å². The molecule has 0 bridgehead atoms. The lowest BCUT2D eigenvalue weighted by molar-refractivity contribution is 0.247. The number of hydrogen-bond acceptors (Lipinski definition) is 6. The van der Waals surface area contributed by atoms with E-state index in [0.29, 0.717) is 5.88 Å². The number of rotatable bonds is 6. The van der Waals surface area contributed by atoms with E-state index in [1.165, 1.54) is 16.1 Å². The second kappa shape index (κ2) is 9.57. The lowest BCUT2D eigenvalue weighted by atomic mass is 9.86. The molecule has 0 saturated heterocycles. The maximum absolute atomic E-state index is 6.32. The molecular weight excluding hydrogens is 440 g/mol. The summed E-state index contributed by atoms with van der Waals surface area (Å²) in [7, 11) is 0. The minimum atomic E-state index is -0.0288. The quantitative estimate of drug-likeness (QED) is 0.331. The predicted octanol–water partition coefficient (Wildman–Crippen LogP) is 6.93. The number of benzene rings is 2. The Morgan fingerprint density at radius 2 is 1.79 bits per heavy atom. The molecule has 4 aromatic rings. The van der Waals surface area contributed by atoms with Crippen molar-refractivity contribution in [2.75, 3.05) is 11.9 Å². The van der Waals surface area contributed by atoms with Crippen LogP contribution >= 0.6 is 11.3 Å². The summed E-state index contributed by atoms with van der Waals surface area (Å²) in [6.07, 6.45) is 2.73. The van der Waals surface area contributed by atoms with E-state index >= 15 is 0 Å². The van der Waals surface area contributed by atoms with Crippen molar-refractivity contribution in [2.45, 2.75) is 45.7 Å². The van der Waals surface area contributed by atoms with Gasteiger partial charge in [0.1, 0.15) is 11.4 Å². The van der Waals surface area contributed by atoms with Gasteiger partial charge >= 0.3 is 0 Å². The molecule has 1 aliphatic rings. The van der Waals surface area contributed by atoms with Gasteiger partial charge in [-0.2, -0.15) is 0 Å². The fraction of sp³-hybridized carbons (Fsp3) is 0.286. The maximum atomic E-state index is 6.32. The molecule has 5 rings (SSSR count). The number of thiazole rings is 1. The van der Waals surface area contributed by atoms with Gasteiger partial charge in [0, 0.05) is 42.7 Å². The molecule has 2 aromatic carbocycles. The van der Waals surface area contributed by atoms with Crippen molar-refractivity contribution in [1.82, 2.24) is 14.9 Å².